The Morgan fingerprint density at radius 3 is 2.76 bits per heavy atom. The maximum Gasteiger partial charge on any atom is 0.339 e. The van der Waals surface area contributed by atoms with Crippen molar-refractivity contribution in [1.82, 2.24) is 10.3 Å². The van der Waals surface area contributed by atoms with E-state index in [1.807, 2.05) is 0 Å². The molecule has 0 fully saturated rings. The van der Waals surface area contributed by atoms with Gasteiger partial charge in [0.15, 0.2) is 0 Å². The number of aromatic carboxylic acids is 1. The average Bonchev–Trinajstić information content (AvgIpc) is 2.82. The van der Waals surface area contributed by atoms with Gasteiger partial charge in [-0.25, -0.2) is 9.59 Å². The van der Waals surface area contributed by atoms with Crippen molar-refractivity contribution in [3.63, 3.8) is 0 Å². The van der Waals surface area contributed by atoms with Gasteiger partial charge >= 0.3 is 16.9 Å². The zero-order valence-corrected chi connectivity index (χ0v) is 12.0. The first-order valence-corrected chi connectivity index (χ1v) is 6.96. The molecule has 7 nitrogen and oxygen atoms in total. The number of urea groups is 1. The maximum atomic E-state index is 11.7. The van der Waals surface area contributed by atoms with Gasteiger partial charge in [0, 0.05) is 11.1 Å². The summed E-state index contributed by atoms with van der Waals surface area (Å²) in [5, 5.41) is 15.6. The van der Waals surface area contributed by atoms with Crippen molar-refractivity contribution in [2.24, 2.45) is 0 Å². The smallest absolute Gasteiger partial charge is 0.339 e. The fourth-order valence-corrected chi connectivity index (χ4v) is 2.43. The molecule has 0 unspecified atom stereocenters. The molecule has 0 bridgehead atoms. The Morgan fingerprint density at radius 1 is 1.38 bits per heavy atom. The van der Waals surface area contributed by atoms with Crippen molar-refractivity contribution >= 4 is 40.6 Å². The van der Waals surface area contributed by atoms with Crippen molar-refractivity contribution in [2.75, 3.05) is 5.32 Å². The highest BCUT2D eigenvalue weighted by atomic mass is 35.5. The van der Waals surface area contributed by atoms with E-state index in [1.165, 1.54) is 18.2 Å². The molecule has 21 heavy (non-hydrogen) atoms. The monoisotopic (exact) mass is 327 g/mol. The summed E-state index contributed by atoms with van der Waals surface area (Å²) in [5.41, 5.74) is 0.467. The molecular weight excluding hydrogens is 318 g/mol. The Balaban J connectivity index is 2.04. The normalized spacial score (nSPS) is 10.1. The quantitative estimate of drug-likeness (QED) is 0.689. The Morgan fingerprint density at radius 2 is 2.14 bits per heavy atom. The standard InChI is InChI=1S/C12H10ClN3O4S/c13-7-2-1-3-8(9(7)10(17)18)16-11(19)14-4-6-5-21-12(20)15-6/h1-3,5H,4H2,(H,15,20)(H,17,18)(H2,14,16,19). The van der Waals surface area contributed by atoms with Gasteiger partial charge in [0.1, 0.15) is 5.56 Å². The zero-order chi connectivity index (χ0) is 15.4. The van der Waals surface area contributed by atoms with E-state index in [4.69, 9.17) is 16.7 Å². The molecule has 2 amide bonds. The molecule has 0 saturated carbocycles. The highest BCUT2D eigenvalue weighted by Crippen LogP contribution is 2.24. The largest absolute Gasteiger partial charge is 0.478 e. The van der Waals surface area contributed by atoms with Gasteiger partial charge in [0.2, 0.25) is 0 Å². The number of anilines is 1. The number of rotatable bonds is 4. The van der Waals surface area contributed by atoms with E-state index in [1.54, 1.807) is 5.38 Å². The third-order valence-electron chi connectivity index (χ3n) is 2.49. The second-order valence-electron chi connectivity index (χ2n) is 3.95. The second kappa shape index (κ2) is 6.42. The summed E-state index contributed by atoms with van der Waals surface area (Å²) < 4.78 is 0. The van der Waals surface area contributed by atoms with Crippen LogP contribution in [0.2, 0.25) is 5.02 Å². The minimum Gasteiger partial charge on any atom is -0.478 e. The highest BCUT2D eigenvalue weighted by molar-refractivity contribution is 7.07. The molecule has 0 spiro atoms. The van der Waals surface area contributed by atoms with Crippen LogP contribution >= 0.6 is 22.9 Å². The first-order valence-electron chi connectivity index (χ1n) is 5.70. The van der Waals surface area contributed by atoms with Crippen molar-refractivity contribution in [2.45, 2.75) is 6.54 Å². The van der Waals surface area contributed by atoms with Crippen LogP contribution in [0.1, 0.15) is 16.1 Å². The van der Waals surface area contributed by atoms with Gasteiger partial charge in [0.25, 0.3) is 0 Å². The summed E-state index contributed by atoms with van der Waals surface area (Å²) >= 11 is 6.78. The van der Waals surface area contributed by atoms with E-state index in [0.29, 0.717) is 5.69 Å². The van der Waals surface area contributed by atoms with Crippen LogP contribution in [-0.2, 0) is 6.54 Å². The lowest BCUT2D eigenvalue weighted by Crippen LogP contribution is -2.29. The minimum atomic E-state index is -1.24. The number of carboxylic acid groups (broad SMARTS) is 1. The van der Waals surface area contributed by atoms with Crippen molar-refractivity contribution in [3.05, 3.63) is 49.5 Å². The molecule has 2 rings (SSSR count). The third-order valence-corrected chi connectivity index (χ3v) is 3.52. The third kappa shape index (κ3) is 3.83. The zero-order valence-electron chi connectivity index (χ0n) is 10.5. The number of aromatic amines is 1. The van der Waals surface area contributed by atoms with E-state index in [-0.39, 0.29) is 27.7 Å². The number of hydrogen-bond acceptors (Lipinski definition) is 4. The fraction of sp³-hybridized carbons (Fsp3) is 0.0833. The number of benzene rings is 1. The second-order valence-corrected chi connectivity index (χ2v) is 5.20. The van der Waals surface area contributed by atoms with Gasteiger partial charge in [-0.05, 0) is 12.1 Å². The SMILES string of the molecule is O=C(NCc1csc(=O)[nH]1)Nc1cccc(Cl)c1C(=O)O. The molecule has 0 radical (unpaired) electrons. The van der Waals surface area contributed by atoms with Crippen LogP contribution in [-0.4, -0.2) is 22.1 Å². The molecule has 1 heterocycles. The van der Waals surface area contributed by atoms with Crippen LogP contribution in [0.25, 0.3) is 0 Å². The van der Waals surface area contributed by atoms with Crippen LogP contribution in [0.4, 0.5) is 10.5 Å². The van der Waals surface area contributed by atoms with Crippen molar-refractivity contribution < 1.29 is 14.7 Å². The number of H-pyrrole nitrogens is 1. The van der Waals surface area contributed by atoms with Crippen LogP contribution in [0.3, 0.4) is 0 Å². The summed E-state index contributed by atoms with van der Waals surface area (Å²) in [6.45, 7) is 0.119. The number of nitrogens with one attached hydrogen (secondary N) is 3. The summed E-state index contributed by atoms with van der Waals surface area (Å²) in [4.78, 5) is 36.1. The molecule has 0 aliphatic rings. The molecule has 0 atom stereocenters. The molecule has 9 heteroatoms. The number of carboxylic acids is 1. The van der Waals surface area contributed by atoms with Crippen LogP contribution < -0.4 is 15.5 Å². The number of hydrogen-bond donors (Lipinski definition) is 4. The first-order chi connectivity index (χ1) is 9.97. The Kier molecular flexibility index (Phi) is 4.61. The molecular formula is C12H10ClN3O4S. The number of thiazole rings is 1. The van der Waals surface area contributed by atoms with E-state index >= 15 is 0 Å². The predicted molar refractivity (Wildman–Crippen MR) is 79.2 cm³/mol. The van der Waals surface area contributed by atoms with E-state index in [9.17, 15) is 14.4 Å². The number of aromatic nitrogens is 1. The van der Waals surface area contributed by atoms with E-state index in [0.717, 1.165) is 11.3 Å². The fourth-order valence-electron chi connectivity index (χ4n) is 1.59. The predicted octanol–water partition coefficient (Wildman–Crippen LogP) is 2.11. The summed E-state index contributed by atoms with van der Waals surface area (Å²) in [7, 11) is 0. The molecule has 0 aliphatic carbocycles. The van der Waals surface area contributed by atoms with Crippen molar-refractivity contribution in [3.8, 4) is 0 Å². The topological polar surface area (TPSA) is 111 Å². The first kappa shape index (κ1) is 15.1. The summed E-state index contributed by atoms with van der Waals surface area (Å²) in [5.74, 6) is -1.24. The van der Waals surface area contributed by atoms with Crippen LogP contribution in [0.15, 0.2) is 28.4 Å². The molecule has 1 aromatic heterocycles. The Bertz CT molecular complexity index is 740. The maximum absolute atomic E-state index is 11.7. The number of amides is 2. The lowest BCUT2D eigenvalue weighted by Gasteiger charge is -2.10. The number of halogens is 1. The van der Waals surface area contributed by atoms with Gasteiger partial charge in [-0.2, -0.15) is 0 Å². The molecule has 1 aromatic carbocycles. The van der Waals surface area contributed by atoms with E-state index in [2.05, 4.69) is 15.6 Å². The van der Waals surface area contributed by atoms with Crippen molar-refractivity contribution in [1.29, 1.82) is 0 Å². The molecule has 0 saturated heterocycles. The summed E-state index contributed by atoms with van der Waals surface area (Å²) in [6, 6.07) is 3.78. The van der Waals surface area contributed by atoms with Gasteiger partial charge in [-0.1, -0.05) is 29.0 Å². The average molecular weight is 328 g/mol. The van der Waals surface area contributed by atoms with E-state index < -0.39 is 12.0 Å². The molecule has 2 aromatic rings. The number of carbonyl (C=O) groups excluding carboxylic acids is 1. The van der Waals surface area contributed by atoms with Gasteiger partial charge in [0.05, 0.1) is 17.3 Å². The van der Waals surface area contributed by atoms with Gasteiger partial charge in [-0.3, -0.25) is 4.79 Å². The van der Waals surface area contributed by atoms with Crippen LogP contribution in [0.5, 0.6) is 0 Å². The molecule has 0 aliphatic heterocycles. The lowest BCUT2D eigenvalue weighted by molar-refractivity contribution is 0.0698. The van der Waals surface area contributed by atoms with Crippen LogP contribution in [0, 0.1) is 0 Å². The molecule has 110 valence electrons. The minimum absolute atomic E-state index is 0.0301. The lowest BCUT2D eigenvalue weighted by atomic mass is 10.2. The molecule has 4 N–H and O–H groups in total. The van der Waals surface area contributed by atoms with Gasteiger partial charge < -0.3 is 20.7 Å². The summed E-state index contributed by atoms with van der Waals surface area (Å²) in [6.07, 6.45) is 0. The van der Waals surface area contributed by atoms with Gasteiger partial charge in [-0.15, -0.1) is 0 Å². The highest BCUT2D eigenvalue weighted by Gasteiger charge is 2.15. The number of carbonyl (C=O) groups is 2. The Labute approximate surface area is 127 Å². The Hall–Kier alpha value is -2.32.